The zero-order valence-corrected chi connectivity index (χ0v) is 12.8. The van der Waals surface area contributed by atoms with Crippen molar-refractivity contribution in [1.29, 1.82) is 0 Å². The van der Waals surface area contributed by atoms with Crippen LogP contribution < -0.4 is 5.32 Å². The topological polar surface area (TPSA) is 12.0 Å². The number of benzene rings is 1. The van der Waals surface area contributed by atoms with Gasteiger partial charge in [0.15, 0.2) is 0 Å². The molecule has 1 aromatic carbocycles. The van der Waals surface area contributed by atoms with Gasteiger partial charge in [-0.2, -0.15) is 13.2 Å². The Labute approximate surface area is 128 Å². The van der Waals surface area contributed by atoms with Crippen molar-refractivity contribution >= 4 is 11.6 Å². The summed E-state index contributed by atoms with van der Waals surface area (Å²) in [5.41, 5.74) is 1.02. The van der Waals surface area contributed by atoms with Crippen molar-refractivity contribution in [2.24, 2.45) is 11.8 Å². The number of halogens is 4. The Morgan fingerprint density at radius 3 is 2.48 bits per heavy atom. The van der Waals surface area contributed by atoms with Crippen LogP contribution in [0.1, 0.15) is 44.2 Å². The van der Waals surface area contributed by atoms with Gasteiger partial charge in [0.1, 0.15) is 0 Å². The molecule has 1 N–H and O–H groups in total. The summed E-state index contributed by atoms with van der Waals surface area (Å²) in [6.45, 7) is 2.72. The molecule has 3 unspecified atom stereocenters. The van der Waals surface area contributed by atoms with E-state index in [4.69, 9.17) is 11.6 Å². The van der Waals surface area contributed by atoms with Crippen LogP contribution in [0.25, 0.3) is 0 Å². The average molecular weight is 320 g/mol. The summed E-state index contributed by atoms with van der Waals surface area (Å²) in [5.74, 6) is -1.14. The van der Waals surface area contributed by atoms with Gasteiger partial charge >= 0.3 is 6.18 Å². The van der Waals surface area contributed by atoms with Gasteiger partial charge in [-0.3, -0.25) is 0 Å². The van der Waals surface area contributed by atoms with E-state index in [1.807, 2.05) is 19.1 Å². The number of hydrogen-bond donors (Lipinski definition) is 1. The lowest BCUT2D eigenvalue weighted by atomic mass is 9.75. The van der Waals surface area contributed by atoms with Gasteiger partial charge < -0.3 is 5.32 Å². The Bertz CT molecular complexity index is 444. The Kier molecular flexibility index (Phi) is 5.55. The fourth-order valence-corrected chi connectivity index (χ4v) is 3.40. The minimum Gasteiger partial charge on any atom is -0.310 e. The van der Waals surface area contributed by atoms with Crippen LogP contribution >= 0.6 is 11.6 Å². The molecule has 118 valence electrons. The second-order valence-corrected chi connectivity index (χ2v) is 6.19. The SMILES string of the molecule is CCNC(c1ccc(Cl)cc1)C1CCCC(C(F)(F)F)C1. The van der Waals surface area contributed by atoms with Gasteiger partial charge in [0.05, 0.1) is 5.92 Å². The number of nitrogens with one attached hydrogen (secondary N) is 1. The van der Waals surface area contributed by atoms with Gasteiger partial charge in [0.2, 0.25) is 0 Å². The van der Waals surface area contributed by atoms with Crippen LogP contribution in [0.2, 0.25) is 5.02 Å². The van der Waals surface area contributed by atoms with E-state index in [2.05, 4.69) is 5.32 Å². The zero-order valence-electron chi connectivity index (χ0n) is 12.1. The first-order valence-corrected chi connectivity index (χ1v) is 7.85. The van der Waals surface area contributed by atoms with Crippen molar-refractivity contribution < 1.29 is 13.2 Å². The molecule has 0 spiro atoms. The highest BCUT2D eigenvalue weighted by atomic mass is 35.5. The maximum Gasteiger partial charge on any atom is 0.391 e. The van der Waals surface area contributed by atoms with Gasteiger partial charge in [0.25, 0.3) is 0 Å². The predicted octanol–water partition coefficient (Wildman–Crippen LogP) is 5.36. The summed E-state index contributed by atoms with van der Waals surface area (Å²) in [5, 5.41) is 3.99. The molecular weight excluding hydrogens is 299 g/mol. The molecule has 0 radical (unpaired) electrons. The molecule has 1 aliphatic carbocycles. The molecule has 1 nitrogen and oxygen atoms in total. The summed E-state index contributed by atoms with van der Waals surface area (Å²) in [7, 11) is 0. The average Bonchev–Trinajstić information content (AvgIpc) is 2.45. The number of rotatable bonds is 4. The smallest absolute Gasteiger partial charge is 0.310 e. The zero-order chi connectivity index (χ0) is 15.5. The van der Waals surface area contributed by atoms with Crippen LogP contribution in [-0.4, -0.2) is 12.7 Å². The van der Waals surface area contributed by atoms with E-state index >= 15 is 0 Å². The Hall–Kier alpha value is -0.740. The predicted molar refractivity (Wildman–Crippen MR) is 79.4 cm³/mol. The molecular formula is C16H21ClF3N. The molecule has 1 fully saturated rings. The largest absolute Gasteiger partial charge is 0.391 e. The first-order chi connectivity index (χ1) is 9.91. The van der Waals surface area contributed by atoms with Crippen molar-refractivity contribution in [3.05, 3.63) is 34.9 Å². The molecule has 0 saturated heterocycles. The number of hydrogen-bond acceptors (Lipinski definition) is 1. The Morgan fingerprint density at radius 2 is 1.90 bits per heavy atom. The maximum atomic E-state index is 13.0. The summed E-state index contributed by atoms with van der Waals surface area (Å²) < 4.78 is 38.9. The van der Waals surface area contributed by atoms with Crippen molar-refractivity contribution in [3.8, 4) is 0 Å². The second-order valence-electron chi connectivity index (χ2n) is 5.75. The van der Waals surface area contributed by atoms with Gasteiger partial charge in [-0.1, -0.05) is 37.1 Å². The summed E-state index contributed by atoms with van der Waals surface area (Å²) in [4.78, 5) is 0. The molecule has 1 saturated carbocycles. The van der Waals surface area contributed by atoms with Gasteiger partial charge in [-0.15, -0.1) is 0 Å². The maximum absolute atomic E-state index is 13.0. The highest BCUT2D eigenvalue weighted by Crippen LogP contribution is 2.43. The minimum atomic E-state index is -4.07. The van der Waals surface area contributed by atoms with Crippen LogP contribution in [0.5, 0.6) is 0 Å². The third kappa shape index (κ3) is 4.36. The van der Waals surface area contributed by atoms with E-state index in [1.54, 1.807) is 12.1 Å². The lowest BCUT2D eigenvalue weighted by molar-refractivity contribution is -0.186. The molecule has 0 bridgehead atoms. The van der Waals surface area contributed by atoms with Crippen molar-refractivity contribution in [2.75, 3.05) is 6.54 Å². The van der Waals surface area contributed by atoms with Crippen LogP contribution in [0, 0.1) is 11.8 Å². The number of alkyl halides is 3. The first kappa shape index (κ1) is 16.6. The van der Waals surface area contributed by atoms with E-state index < -0.39 is 12.1 Å². The molecule has 0 amide bonds. The molecule has 0 heterocycles. The molecule has 0 aromatic heterocycles. The fourth-order valence-electron chi connectivity index (χ4n) is 3.27. The van der Waals surface area contributed by atoms with E-state index in [0.717, 1.165) is 18.5 Å². The van der Waals surface area contributed by atoms with E-state index in [9.17, 15) is 13.2 Å². The first-order valence-electron chi connectivity index (χ1n) is 7.47. The summed E-state index contributed by atoms with van der Waals surface area (Å²) in [6, 6.07) is 7.38. The molecule has 3 atom stereocenters. The van der Waals surface area contributed by atoms with Crippen LogP contribution in [-0.2, 0) is 0 Å². The van der Waals surface area contributed by atoms with E-state index in [-0.39, 0.29) is 24.8 Å². The van der Waals surface area contributed by atoms with Crippen LogP contribution in [0.15, 0.2) is 24.3 Å². The lowest BCUT2D eigenvalue weighted by Gasteiger charge is -2.36. The Balaban J connectivity index is 2.15. The summed E-state index contributed by atoms with van der Waals surface area (Å²) in [6.07, 6.45) is -2.12. The molecule has 1 aromatic rings. The lowest BCUT2D eigenvalue weighted by Crippen LogP contribution is -2.35. The molecule has 5 heteroatoms. The monoisotopic (exact) mass is 319 g/mol. The summed E-state index contributed by atoms with van der Waals surface area (Å²) >= 11 is 5.89. The van der Waals surface area contributed by atoms with Crippen LogP contribution in [0.3, 0.4) is 0 Å². The third-order valence-electron chi connectivity index (χ3n) is 4.30. The van der Waals surface area contributed by atoms with Crippen molar-refractivity contribution in [2.45, 2.75) is 44.8 Å². The normalized spacial score (nSPS) is 24.8. The Morgan fingerprint density at radius 1 is 1.24 bits per heavy atom. The molecule has 2 rings (SSSR count). The minimum absolute atomic E-state index is 0.0199. The third-order valence-corrected chi connectivity index (χ3v) is 4.55. The van der Waals surface area contributed by atoms with Gasteiger partial charge in [0, 0.05) is 11.1 Å². The quantitative estimate of drug-likeness (QED) is 0.787. The molecule has 21 heavy (non-hydrogen) atoms. The van der Waals surface area contributed by atoms with Crippen LogP contribution in [0.4, 0.5) is 13.2 Å². The van der Waals surface area contributed by atoms with Crippen molar-refractivity contribution in [3.63, 3.8) is 0 Å². The molecule has 1 aliphatic rings. The molecule has 0 aliphatic heterocycles. The second kappa shape index (κ2) is 7.01. The fraction of sp³-hybridized carbons (Fsp3) is 0.625. The van der Waals surface area contributed by atoms with Gasteiger partial charge in [-0.05, 0) is 49.4 Å². The van der Waals surface area contributed by atoms with E-state index in [0.29, 0.717) is 11.4 Å². The highest BCUT2D eigenvalue weighted by Gasteiger charge is 2.43. The standard InChI is InChI=1S/C16H21ClF3N/c1-2-21-15(11-6-8-14(17)9-7-11)12-4-3-5-13(10-12)16(18,19)20/h6-9,12-13,15,21H,2-5,10H2,1H3. The van der Waals surface area contributed by atoms with Crippen molar-refractivity contribution in [1.82, 2.24) is 5.32 Å². The van der Waals surface area contributed by atoms with Gasteiger partial charge in [-0.25, -0.2) is 0 Å². The van der Waals surface area contributed by atoms with E-state index in [1.165, 1.54) is 0 Å². The highest BCUT2D eigenvalue weighted by molar-refractivity contribution is 6.30.